The molecule has 90 valence electrons. The van der Waals surface area contributed by atoms with Crippen LogP contribution in [0.2, 0.25) is 0 Å². The molecule has 0 heterocycles. The van der Waals surface area contributed by atoms with Gasteiger partial charge in [0.1, 0.15) is 11.5 Å². The first-order chi connectivity index (χ1) is 7.51. The van der Waals surface area contributed by atoms with Crippen LogP contribution in [-0.2, 0) is 0 Å². The lowest BCUT2D eigenvalue weighted by Gasteiger charge is -2.15. The molecule has 0 saturated carbocycles. The van der Waals surface area contributed by atoms with Crippen LogP contribution in [0, 0.1) is 0 Å². The molecule has 0 bridgehead atoms. The molecule has 1 aromatic carbocycles. The lowest BCUT2D eigenvalue weighted by atomic mass is 10.0. The lowest BCUT2D eigenvalue weighted by Crippen LogP contribution is -2.01. The molecule has 0 aromatic heterocycles. The normalized spacial score (nSPS) is 12.7. The van der Waals surface area contributed by atoms with Gasteiger partial charge in [-0.05, 0) is 13.0 Å². The predicted octanol–water partition coefficient (Wildman–Crippen LogP) is 2.69. The first kappa shape index (κ1) is 12.7. The Bertz CT molecular complexity index is 333. The van der Waals surface area contributed by atoms with Crippen molar-refractivity contribution in [2.75, 3.05) is 14.2 Å². The summed E-state index contributed by atoms with van der Waals surface area (Å²) >= 11 is 0. The second-order valence-electron chi connectivity index (χ2n) is 3.31. The Morgan fingerprint density at radius 2 is 1.56 bits per heavy atom. The van der Waals surface area contributed by atoms with E-state index in [1.165, 1.54) is 33.3 Å². The molecule has 3 nitrogen and oxygen atoms in total. The maximum absolute atomic E-state index is 12.7. The number of hydrogen-bond acceptors (Lipinski definition) is 3. The molecule has 0 radical (unpaired) electrons. The minimum atomic E-state index is -2.65. The third kappa shape index (κ3) is 2.41. The Morgan fingerprint density at radius 3 is 1.94 bits per heavy atom. The number of halogens is 2. The predicted molar refractivity (Wildman–Crippen MR) is 55.1 cm³/mol. The summed E-state index contributed by atoms with van der Waals surface area (Å²) in [4.78, 5) is 0. The number of methoxy groups -OCH3 is 2. The second-order valence-corrected chi connectivity index (χ2v) is 3.31. The third-order valence-electron chi connectivity index (χ3n) is 2.27. The van der Waals surface area contributed by atoms with Gasteiger partial charge < -0.3 is 14.6 Å². The van der Waals surface area contributed by atoms with Crippen molar-refractivity contribution < 1.29 is 23.4 Å². The molecule has 16 heavy (non-hydrogen) atoms. The number of alkyl halides is 2. The van der Waals surface area contributed by atoms with Crippen LogP contribution < -0.4 is 9.47 Å². The molecule has 5 heteroatoms. The van der Waals surface area contributed by atoms with Gasteiger partial charge in [0, 0.05) is 11.6 Å². The van der Waals surface area contributed by atoms with Gasteiger partial charge in [-0.15, -0.1) is 0 Å². The van der Waals surface area contributed by atoms with Crippen molar-refractivity contribution in [3.05, 3.63) is 23.3 Å². The van der Waals surface area contributed by atoms with E-state index < -0.39 is 12.5 Å². The van der Waals surface area contributed by atoms with Crippen LogP contribution in [-0.4, -0.2) is 19.3 Å². The van der Waals surface area contributed by atoms with E-state index in [1.54, 1.807) is 0 Å². The van der Waals surface area contributed by atoms with Gasteiger partial charge in [-0.25, -0.2) is 8.78 Å². The van der Waals surface area contributed by atoms with Crippen molar-refractivity contribution in [1.82, 2.24) is 0 Å². The number of ether oxygens (including phenoxy) is 2. The van der Waals surface area contributed by atoms with E-state index in [0.29, 0.717) is 11.3 Å². The second kappa shape index (κ2) is 5.12. The highest BCUT2D eigenvalue weighted by Gasteiger charge is 2.19. The van der Waals surface area contributed by atoms with E-state index in [1.807, 2.05) is 0 Å². The average Bonchev–Trinajstić information content (AvgIpc) is 2.26. The lowest BCUT2D eigenvalue weighted by molar-refractivity contribution is 0.145. The van der Waals surface area contributed by atoms with Crippen molar-refractivity contribution in [1.29, 1.82) is 0 Å². The van der Waals surface area contributed by atoms with Gasteiger partial charge in [-0.3, -0.25) is 0 Å². The molecule has 0 fully saturated rings. The summed E-state index contributed by atoms with van der Waals surface area (Å²) in [5.41, 5.74) is 0.0674. The molecule has 0 spiro atoms. The first-order valence-electron chi connectivity index (χ1n) is 4.73. The zero-order chi connectivity index (χ0) is 12.3. The van der Waals surface area contributed by atoms with Crippen molar-refractivity contribution >= 4 is 0 Å². The van der Waals surface area contributed by atoms with E-state index in [0.717, 1.165) is 0 Å². The molecule has 1 atom stereocenters. The SMILES string of the molecule is COc1cc(OC)c(C(F)F)cc1C(C)O. The van der Waals surface area contributed by atoms with Gasteiger partial charge in [0.2, 0.25) is 0 Å². The van der Waals surface area contributed by atoms with Crippen LogP contribution in [0.15, 0.2) is 12.1 Å². The van der Waals surface area contributed by atoms with Crippen molar-refractivity contribution in [3.63, 3.8) is 0 Å². The first-order valence-corrected chi connectivity index (χ1v) is 4.73. The Balaban J connectivity index is 3.35. The summed E-state index contributed by atoms with van der Waals surface area (Å²) in [7, 11) is 2.71. The highest BCUT2D eigenvalue weighted by Crippen LogP contribution is 2.37. The van der Waals surface area contributed by atoms with Crippen molar-refractivity contribution in [2.24, 2.45) is 0 Å². The minimum Gasteiger partial charge on any atom is -0.496 e. The molecule has 1 unspecified atom stereocenters. The maximum Gasteiger partial charge on any atom is 0.267 e. The molecule has 0 amide bonds. The molecule has 0 saturated heterocycles. The van der Waals surface area contributed by atoms with Crippen LogP contribution >= 0.6 is 0 Å². The summed E-state index contributed by atoms with van der Waals surface area (Å²) in [6.45, 7) is 1.49. The molecule has 1 rings (SSSR count). The van der Waals surface area contributed by atoms with Gasteiger partial charge in [0.25, 0.3) is 6.43 Å². The number of hydrogen-bond donors (Lipinski definition) is 1. The van der Waals surface area contributed by atoms with E-state index in [2.05, 4.69) is 0 Å². The fourth-order valence-corrected chi connectivity index (χ4v) is 1.45. The van der Waals surface area contributed by atoms with Gasteiger partial charge in [0.05, 0.1) is 25.9 Å². The van der Waals surface area contributed by atoms with Crippen molar-refractivity contribution in [3.8, 4) is 11.5 Å². The molecular weight excluding hydrogens is 218 g/mol. The van der Waals surface area contributed by atoms with E-state index in [-0.39, 0.29) is 11.3 Å². The summed E-state index contributed by atoms with van der Waals surface area (Å²) in [5.74, 6) is 0.382. The van der Waals surface area contributed by atoms with Gasteiger partial charge >= 0.3 is 0 Å². The fourth-order valence-electron chi connectivity index (χ4n) is 1.45. The van der Waals surface area contributed by atoms with Crippen molar-refractivity contribution in [2.45, 2.75) is 19.5 Å². The summed E-state index contributed by atoms with van der Waals surface area (Å²) in [6.07, 6.45) is -3.53. The Labute approximate surface area is 92.6 Å². The third-order valence-corrected chi connectivity index (χ3v) is 2.27. The van der Waals surface area contributed by atoms with Crippen LogP contribution in [0.5, 0.6) is 11.5 Å². The van der Waals surface area contributed by atoms with E-state index >= 15 is 0 Å². The van der Waals surface area contributed by atoms with E-state index in [4.69, 9.17) is 9.47 Å². The highest BCUT2D eigenvalue weighted by molar-refractivity contribution is 5.48. The standard InChI is InChI=1S/C11H14F2O3/c1-6(14)7-4-8(11(12)13)10(16-3)5-9(7)15-2/h4-6,11,14H,1-3H3. The molecular formula is C11H14F2O3. The topological polar surface area (TPSA) is 38.7 Å². The minimum absolute atomic E-state index is 0.0521. The average molecular weight is 232 g/mol. The molecule has 0 aliphatic heterocycles. The zero-order valence-electron chi connectivity index (χ0n) is 9.33. The highest BCUT2D eigenvalue weighted by atomic mass is 19.3. The van der Waals surface area contributed by atoms with Crippen LogP contribution in [0.25, 0.3) is 0 Å². The molecule has 1 aromatic rings. The number of rotatable bonds is 4. The number of aliphatic hydroxyl groups excluding tert-OH is 1. The molecule has 0 aliphatic carbocycles. The Morgan fingerprint density at radius 1 is 1.06 bits per heavy atom. The van der Waals surface area contributed by atoms with Crippen LogP contribution in [0.3, 0.4) is 0 Å². The smallest absolute Gasteiger partial charge is 0.267 e. The Hall–Kier alpha value is -1.36. The van der Waals surface area contributed by atoms with Gasteiger partial charge in [-0.1, -0.05) is 0 Å². The largest absolute Gasteiger partial charge is 0.496 e. The Kier molecular flexibility index (Phi) is 4.06. The quantitative estimate of drug-likeness (QED) is 0.867. The number of benzene rings is 1. The maximum atomic E-state index is 12.7. The molecule has 0 aliphatic rings. The summed E-state index contributed by atoms with van der Waals surface area (Å²) < 4.78 is 35.2. The van der Waals surface area contributed by atoms with Gasteiger partial charge in [0.15, 0.2) is 0 Å². The number of aliphatic hydroxyl groups is 1. The fraction of sp³-hybridized carbons (Fsp3) is 0.455. The zero-order valence-corrected chi connectivity index (χ0v) is 9.33. The summed E-state index contributed by atoms with van der Waals surface area (Å²) in [6, 6.07) is 2.55. The van der Waals surface area contributed by atoms with Gasteiger partial charge in [-0.2, -0.15) is 0 Å². The van der Waals surface area contributed by atoms with Crippen LogP contribution in [0.4, 0.5) is 8.78 Å². The van der Waals surface area contributed by atoms with E-state index in [9.17, 15) is 13.9 Å². The van der Waals surface area contributed by atoms with Crippen LogP contribution in [0.1, 0.15) is 30.6 Å². The monoisotopic (exact) mass is 232 g/mol. The summed E-state index contributed by atoms with van der Waals surface area (Å²) in [5, 5.41) is 9.44. The molecule has 1 N–H and O–H groups in total.